The molecule has 1 N–H and O–H groups in total. The molecule has 19 heavy (non-hydrogen) atoms. The van der Waals surface area contributed by atoms with Crippen molar-refractivity contribution in [2.45, 2.75) is 31.7 Å². The van der Waals surface area contributed by atoms with Crippen molar-refractivity contribution in [2.75, 3.05) is 19.9 Å². The van der Waals surface area contributed by atoms with Crippen LogP contribution in [0.1, 0.15) is 20.8 Å². The van der Waals surface area contributed by atoms with Gasteiger partial charge in [0, 0.05) is 6.04 Å². The largest absolute Gasteiger partial charge is 0.497 e. The lowest BCUT2D eigenvalue weighted by atomic mass is 9.88. The van der Waals surface area contributed by atoms with E-state index < -0.39 is 9.84 Å². The van der Waals surface area contributed by atoms with Crippen LogP contribution < -0.4 is 10.1 Å². The third-order valence-corrected chi connectivity index (χ3v) is 4.92. The lowest BCUT2D eigenvalue weighted by Gasteiger charge is -2.30. The summed E-state index contributed by atoms with van der Waals surface area (Å²) in [7, 11) is -0.0160. The Morgan fingerprint density at radius 3 is 2.42 bits per heavy atom. The summed E-state index contributed by atoms with van der Waals surface area (Å²) in [5, 5.41) is 3.09. The van der Waals surface area contributed by atoms with Crippen LogP contribution in [0, 0.1) is 5.41 Å². The van der Waals surface area contributed by atoms with Gasteiger partial charge >= 0.3 is 0 Å². The van der Waals surface area contributed by atoms with Gasteiger partial charge in [0.25, 0.3) is 0 Å². The summed E-state index contributed by atoms with van der Waals surface area (Å²) in [5.74, 6) is 0.623. The van der Waals surface area contributed by atoms with Crippen LogP contribution in [0.4, 0.5) is 0 Å². The molecule has 1 aromatic rings. The first-order valence-electron chi connectivity index (χ1n) is 6.25. The first kappa shape index (κ1) is 16.0. The molecule has 0 aliphatic carbocycles. The summed E-state index contributed by atoms with van der Waals surface area (Å²) in [5.41, 5.74) is -0.124. The molecular weight excluding hydrogens is 262 g/mol. The number of nitrogens with one attached hydrogen (secondary N) is 1. The number of hydrogen-bond donors (Lipinski definition) is 1. The van der Waals surface area contributed by atoms with Gasteiger partial charge in [-0.3, -0.25) is 0 Å². The average Bonchev–Trinajstić information content (AvgIpc) is 2.34. The summed E-state index contributed by atoms with van der Waals surface area (Å²) in [6.45, 7) is 6.07. The van der Waals surface area contributed by atoms with Crippen molar-refractivity contribution >= 4 is 9.84 Å². The van der Waals surface area contributed by atoms with Crippen LogP contribution in [0.25, 0.3) is 0 Å². The van der Waals surface area contributed by atoms with Crippen LogP contribution in [0.15, 0.2) is 29.2 Å². The van der Waals surface area contributed by atoms with Gasteiger partial charge in [0.1, 0.15) is 5.75 Å². The zero-order chi connectivity index (χ0) is 14.7. The molecule has 0 spiro atoms. The fourth-order valence-electron chi connectivity index (χ4n) is 1.88. The molecule has 1 rings (SSSR count). The lowest BCUT2D eigenvalue weighted by molar-refractivity contribution is 0.302. The fraction of sp³-hybridized carbons (Fsp3) is 0.571. The third kappa shape index (κ3) is 4.21. The van der Waals surface area contributed by atoms with Crippen molar-refractivity contribution in [3.63, 3.8) is 0 Å². The number of benzene rings is 1. The van der Waals surface area contributed by atoms with Gasteiger partial charge in [-0.05, 0) is 30.7 Å². The molecule has 0 heterocycles. The summed E-state index contributed by atoms with van der Waals surface area (Å²) < 4.78 is 29.9. The summed E-state index contributed by atoms with van der Waals surface area (Å²) in [4.78, 5) is 0.302. The Hall–Kier alpha value is -1.07. The smallest absolute Gasteiger partial charge is 0.180 e. The highest BCUT2D eigenvalue weighted by molar-refractivity contribution is 7.91. The molecule has 0 saturated heterocycles. The van der Waals surface area contributed by atoms with E-state index in [-0.39, 0.29) is 17.2 Å². The van der Waals surface area contributed by atoms with Gasteiger partial charge in [-0.1, -0.05) is 26.8 Å². The van der Waals surface area contributed by atoms with E-state index in [1.165, 1.54) is 7.11 Å². The van der Waals surface area contributed by atoms with Gasteiger partial charge in [-0.25, -0.2) is 8.42 Å². The number of methoxy groups -OCH3 is 1. The van der Waals surface area contributed by atoms with E-state index in [4.69, 9.17) is 4.74 Å². The molecule has 0 saturated carbocycles. The molecule has 0 radical (unpaired) electrons. The van der Waals surface area contributed by atoms with E-state index in [0.717, 1.165) is 0 Å². The second-order valence-electron chi connectivity index (χ2n) is 5.67. The highest BCUT2D eigenvalue weighted by Gasteiger charge is 2.29. The topological polar surface area (TPSA) is 55.4 Å². The summed E-state index contributed by atoms with van der Waals surface area (Å²) in [6.07, 6.45) is 0. The number of sulfone groups is 1. The van der Waals surface area contributed by atoms with Crippen LogP contribution in [0.2, 0.25) is 0 Å². The van der Waals surface area contributed by atoms with E-state index in [2.05, 4.69) is 5.32 Å². The molecule has 1 aromatic carbocycles. The van der Waals surface area contributed by atoms with E-state index in [9.17, 15) is 8.42 Å². The first-order valence-corrected chi connectivity index (χ1v) is 7.90. The highest BCUT2D eigenvalue weighted by atomic mass is 32.2. The second-order valence-corrected chi connectivity index (χ2v) is 7.70. The maximum Gasteiger partial charge on any atom is 0.180 e. The minimum Gasteiger partial charge on any atom is -0.497 e. The average molecular weight is 285 g/mol. The predicted octanol–water partition coefficient (Wildman–Crippen LogP) is 2.10. The molecule has 5 heteroatoms. The number of ether oxygens (including phenoxy) is 1. The molecule has 1 unspecified atom stereocenters. The lowest BCUT2D eigenvalue weighted by Crippen LogP contribution is -2.43. The molecule has 0 aliphatic heterocycles. The van der Waals surface area contributed by atoms with Crippen LogP contribution in [-0.4, -0.2) is 34.4 Å². The van der Waals surface area contributed by atoms with Gasteiger partial charge < -0.3 is 10.1 Å². The molecule has 0 aliphatic rings. The Morgan fingerprint density at radius 1 is 1.32 bits per heavy atom. The van der Waals surface area contributed by atoms with Gasteiger partial charge in [0.15, 0.2) is 9.84 Å². The number of rotatable bonds is 5. The zero-order valence-corrected chi connectivity index (χ0v) is 13.0. The van der Waals surface area contributed by atoms with Gasteiger partial charge in [-0.15, -0.1) is 0 Å². The Kier molecular flexibility index (Phi) is 4.98. The van der Waals surface area contributed by atoms with Gasteiger partial charge in [-0.2, -0.15) is 0 Å². The van der Waals surface area contributed by atoms with E-state index in [1.807, 2.05) is 20.8 Å². The maximum atomic E-state index is 12.4. The summed E-state index contributed by atoms with van der Waals surface area (Å²) >= 11 is 0. The van der Waals surface area contributed by atoms with Crippen LogP contribution >= 0.6 is 0 Å². The quantitative estimate of drug-likeness (QED) is 0.900. The minimum absolute atomic E-state index is 0.0696. The van der Waals surface area contributed by atoms with Crippen molar-refractivity contribution in [3.05, 3.63) is 24.3 Å². The van der Waals surface area contributed by atoms with Gasteiger partial charge in [0.2, 0.25) is 0 Å². The molecule has 0 aromatic heterocycles. The molecule has 0 fully saturated rings. The fourth-order valence-corrected chi connectivity index (χ4v) is 3.76. The molecule has 4 nitrogen and oxygen atoms in total. The Bertz CT molecular complexity index is 518. The van der Waals surface area contributed by atoms with Crippen LogP contribution in [0.3, 0.4) is 0 Å². The SMILES string of the molecule is CNC(CS(=O)(=O)c1cccc(OC)c1)C(C)(C)C. The molecule has 108 valence electrons. The normalized spacial score (nSPS) is 14.2. The molecule has 0 bridgehead atoms. The second kappa shape index (κ2) is 5.92. The molecule has 0 amide bonds. The zero-order valence-electron chi connectivity index (χ0n) is 12.2. The Labute approximate surface area is 116 Å². The Balaban J connectivity index is 3.03. The van der Waals surface area contributed by atoms with Crippen molar-refractivity contribution in [1.29, 1.82) is 0 Å². The standard InChI is InChI=1S/C14H23NO3S/c1-14(2,3)13(15-4)10-19(16,17)12-8-6-7-11(9-12)18-5/h6-9,13,15H,10H2,1-5H3. The van der Waals surface area contributed by atoms with Gasteiger partial charge in [0.05, 0.1) is 17.8 Å². The predicted molar refractivity (Wildman–Crippen MR) is 77.3 cm³/mol. The van der Waals surface area contributed by atoms with E-state index in [1.54, 1.807) is 31.3 Å². The summed E-state index contributed by atoms with van der Waals surface area (Å²) in [6, 6.07) is 6.48. The van der Waals surface area contributed by atoms with E-state index >= 15 is 0 Å². The third-order valence-electron chi connectivity index (χ3n) is 3.18. The molecular formula is C14H23NO3S. The maximum absolute atomic E-state index is 12.4. The van der Waals surface area contributed by atoms with Crippen LogP contribution in [0.5, 0.6) is 5.75 Å². The highest BCUT2D eigenvalue weighted by Crippen LogP contribution is 2.24. The van der Waals surface area contributed by atoms with Crippen LogP contribution in [-0.2, 0) is 9.84 Å². The van der Waals surface area contributed by atoms with Crippen molar-refractivity contribution < 1.29 is 13.2 Å². The Morgan fingerprint density at radius 2 is 1.95 bits per heavy atom. The monoisotopic (exact) mass is 285 g/mol. The number of hydrogen-bond acceptors (Lipinski definition) is 4. The van der Waals surface area contributed by atoms with Crippen molar-refractivity contribution in [1.82, 2.24) is 5.32 Å². The minimum atomic E-state index is -3.33. The molecule has 1 atom stereocenters. The van der Waals surface area contributed by atoms with Crippen molar-refractivity contribution in [2.24, 2.45) is 5.41 Å². The first-order chi connectivity index (χ1) is 8.70. The van der Waals surface area contributed by atoms with Crippen molar-refractivity contribution in [3.8, 4) is 5.75 Å². The van der Waals surface area contributed by atoms with E-state index in [0.29, 0.717) is 10.6 Å².